The molecule has 3 rings (SSSR count). The summed E-state index contributed by atoms with van der Waals surface area (Å²) >= 11 is 0. The number of hydrogen-bond donors (Lipinski definition) is 2. The normalized spacial score (nSPS) is 30.7. The fourth-order valence-electron chi connectivity index (χ4n) is 1.65. The summed E-state index contributed by atoms with van der Waals surface area (Å²) in [5, 5.41) is 18.2. The number of benzene rings is 1. The number of aliphatic hydroxyl groups is 2. The van der Waals surface area contributed by atoms with Crippen molar-refractivity contribution in [2.24, 2.45) is 5.92 Å². The first-order chi connectivity index (χ1) is 7.25. The Bertz CT molecular complexity index is 382. The molecule has 0 amide bonds. The zero-order valence-corrected chi connectivity index (χ0v) is 8.09. The van der Waals surface area contributed by atoms with Crippen LogP contribution in [0.3, 0.4) is 0 Å². The van der Waals surface area contributed by atoms with Crippen LogP contribution in [-0.2, 0) is 11.3 Å². The molecule has 2 aliphatic rings. The number of rotatable bonds is 4. The van der Waals surface area contributed by atoms with Crippen molar-refractivity contribution >= 4 is 0 Å². The molecule has 1 aromatic rings. The molecule has 0 spiro atoms. The first-order valence-electron chi connectivity index (χ1n) is 5.00. The number of aliphatic hydroxyl groups excluding tert-OH is 2. The smallest absolute Gasteiger partial charge is 0.170 e. The molecule has 0 aromatic heterocycles. The monoisotopic (exact) mass is 208 g/mol. The topological polar surface area (TPSA) is 62.2 Å². The molecular weight excluding hydrogens is 196 g/mol. The summed E-state index contributed by atoms with van der Waals surface area (Å²) in [6.45, 7) is 0.896. The fraction of sp³-hybridized carbons (Fsp3) is 0.455. The average Bonchev–Trinajstić information content (AvgIpc) is 3.10. The first kappa shape index (κ1) is 9.15. The molecule has 4 heteroatoms. The zero-order chi connectivity index (χ0) is 10.4. The minimum Gasteiger partial charge on any atom is -0.450 e. The predicted octanol–water partition coefficient (Wildman–Crippen LogP) is 0.660. The Morgan fingerprint density at radius 3 is 2.67 bits per heavy atom. The van der Waals surface area contributed by atoms with Crippen LogP contribution >= 0.6 is 0 Å². The molecule has 15 heavy (non-hydrogen) atoms. The van der Waals surface area contributed by atoms with E-state index in [0.29, 0.717) is 13.2 Å². The van der Waals surface area contributed by atoms with Crippen LogP contribution in [-0.4, -0.2) is 29.0 Å². The maximum atomic E-state index is 9.09. The van der Waals surface area contributed by atoms with E-state index in [1.807, 2.05) is 18.2 Å². The van der Waals surface area contributed by atoms with Crippen molar-refractivity contribution in [1.29, 1.82) is 0 Å². The highest BCUT2D eigenvalue weighted by Crippen LogP contribution is 2.45. The van der Waals surface area contributed by atoms with Gasteiger partial charge in [0.15, 0.2) is 11.5 Å². The van der Waals surface area contributed by atoms with Gasteiger partial charge in [0.05, 0.1) is 25.4 Å². The molecular formula is C11H12O4. The van der Waals surface area contributed by atoms with Gasteiger partial charge in [-0.05, 0) is 17.7 Å². The van der Waals surface area contributed by atoms with E-state index < -0.39 is 12.2 Å². The third-order valence-electron chi connectivity index (χ3n) is 2.85. The van der Waals surface area contributed by atoms with E-state index in [9.17, 15) is 0 Å². The van der Waals surface area contributed by atoms with Crippen molar-refractivity contribution in [2.75, 3.05) is 6.61 Å². The Kier molecular flexibility index (Phi) is 1.95. The second-order valence-electron chi connectivity index (χ2n) is 4.04. The first-order valence-corrected chi connectivity index (χ1v) is 5.00. The summed E-state index contributed by atoms with van der Waals surface area (Å²) in [6.07, 6.45) is -1.19. The van der Waals surface area contributed by atoms with Crippen molar-refractivity contribution in [1.82, 2.24) is 0 Å². The lowest BCUT2D eigenvalue weighted by Gasteiger charge is -2.01. The van der Waals surface area contributed by atoms with Crippen molar-refractivity contribution in [3.8, 4) is 11.5 Å². The molecule has 0 saturated heterocycles. The van der Waals surface area contributed by atoms with Gasteiger partial charge in [0, 0.05) is 5.92 Å². The molecule has 1 heterocycles. The Hall–Kier alpha value is -1.10. The molecule has 1 aliphatic carbocycles. The summed E-state index contributed by atoms with van der Waals surface area (Å²) < 4.78 is 10.5. The van der Waals surface area contributed by atoms with Gasteiger partial charge >= 0.3 is 0 Å². The quantitative estimate of drug-likeness (QED) is 0.724. The van der Waals surface area contributed by atoms with E-state index in [0.717, 1.165) is 17.1 Å². The van der Waals surface area contributed by atoms with Gasteiger partial charge in [-0.15, -0.1) is 0 Å². The largest absolute Gasteiger partial charge is 0.450 e. The van der Waals surface area contributed by atoms with Crippen LogP contribution < -0.4 is 4.74 Å². The standard InChI is InChI=1S/C11H12O4/c12-10-7(11(10)13)5-14-4-6-1-2-8-9(3-6)15-8/h1-3,7,10-13H,4-5H2/t7-,10-,11+. The second-order valence-corrected chi connectivity index (χ2v) is 4.04. The van der Waals surface area contributed by atoms with E-state index in [4.69, 9.17) is 19.7 Å². The summed E-state index contributed by atoms with van der Waals surface area (Å²) in [5.41, 5.74) is 1.05. The average molecular weight is 208 g/mol. The van der Waals surface area contributed by atoms with Crippen molar-refractivity contribution in [3.63, 3.8) is 0 Å². The van der Waals surface area contributed by atoms with E-state index in [1.165, 1.54) is 0 Å². The minimum absolute atomic E-state index is 0.106. The molecule has 1 saturated carbocycles. The van der Waals surface area contributed by atoms with Crippen LogP contribution in [0.25, 0.3) is 0 Å². The van der Waals surface area contributed by atoms with Crippen molar-refractivity contribution < 1.29 is 19.7 Å². The lowest BCUT2D eigenvalue weighted by molar-refractivity contribution is 0.0937. The van der Waals surface area contributed by atoms with Gasteiger partial charge in [-0.2, -0.15) is 0 Å². The Balaban J connectivity index is 1.47. The van der Waals surface area contributed by atoms with Gasteiger partial charge in [0.25, 0.3) is 0 Å². The maximum absolute atomic E-state index is 9.09. The zero-order valence-electron chi connectivity index (χ0n) is 8.09. The van der Waals surface area contributed by atoms with E-state index >= 15 is 0 Å². The molecule has 2 N–H and O–H groups in total. The highest BCUT2D eigenvalue weighted by atomic mass is 16.6. The van der Waals surface area contributed by atoms with Gasteiger partial charge in [-0.1, -0.05) is 6.07 Å². The Labute approximate surface area is 87.1 Å². The Morgan fingerprint density at radius 2 is 2.00 bits per heavy atom. The van der Waals surface area contributed by atoms with Crippen molar-refractivity contribution in [2.45, 2.75) is 18.8 Å². The van der Waals surface area contributed by atoms with Crippen LogP contribution in [0.1, 0.15) is 5.56 Å². The molecule has 0 radical (unpaired) electrons. The van der Waals surface area contributed by atoms with Crippen LogP contribution in [0, 0.1) is 5.92 Å². The number of fused-ring (bicyclic) bond motifs is 1. The van der Waals surface area contributed by atoms with Crippen LogP contribution in [0.4, 0.5) is 0 Å². The highest BCUT2D eigenvalue weighted by molar-refractivity contribution is 5.55. The predicted molar refractivity (Wildman–Crippen MR) is 51.7 cm³/mol. The minimum atomic E-state index is -0.595. The molecule has 1 fully saturated rings. The van der Waals surface area contributed by atoms with Gasteiger partial charge in [0.2, 0.25) is 0 Å². The van der Waals surface area contributed by atoms with Gasteiger partial charge in [-0.3, -0.25) is 0 Å². The lowest BCUT2D eigenvalue weighted by atomic mass is 10.2. The summed E-state index contributed by atoms with van der Waals surface area (Å²) in [5.74, 6) is 1.75. The second kappa shape index (κ2) is 3.20. The molecule has 0 unspecified atom stereocenters. The van der Waals surface area contributed by atoms with Gasteiger partial charge in [-0.25, -0.2) is 0 Å². The fourth-order valence-corrected chi connectivity index (χ4v) is 1.65. The van der Waals surface area contributed by atoms with Gasteiger partial charge in [0.1, 0.15) is 0 Å². The Morgan fingerprint density at radius 1 is 1.20 bits per heavy atom. The molecule has 3 atom stereocenters. The lowest BCUT2D eigenvalue weighted by Crippen LogP contribution is -2.00. The molecule has 1 aliphatic heterocycles. The van der Waals surface area contributed by atoms with E-state index in [2.05, 4.69) is 0 Å². The summed E-state index contributed by atoms with van der Waals surface area (Å²) in [7, 11) is 0. The van der Waals surface area contributed by atoms with E-state index in [-0.39, 0.29) is 5.92 Å². The molecule has 80 valence electrons. The maximum Gasteiger partial charge on any atom is 0.170 e. The number of ether oxygens (including phenoxy) is 2. The number of hydrogen-bond acceptors (Lipinski definition) is 4. The third kappa shape index (κ3) is 1.71. The highest BCUT2D eigenvalue weighted by Gasteiger charge is 2.48. The van der Waals surface area contributed by atoms with Gasteiger partial charge < -0.3 is 19.7 Å². The molecule has 0 bridgehead atoms. The van der Waals surface area contributed by atoms with Crippen LogP contribution in [0.2, 0.25) is 0 Å². The SMILES string of the molecule is O[C@@H]1[C@H](O)[C@H]1COCc1ccc2c(c1)O2. The van der Waals surface area contributed by atoms with Crippen LogP contribution in [0.15, 0.2) is 18.2 Å². The summed E-state index contributed by atoms with van der Waals surface area (Å²) in [4.78, 5) is 0. The van der Waals surface area contributed by atoms with E-state index in [1.54, 1.807) is 0 Å². The van der Waals surface area contributed by atoms with Crippen molar-refractivity contribution in [3.05, 3.63) is 23.8 Å². The summed E-state index contributed by atoms with van der Waals surface area (Å²) in [6, 6.07) is 5.80. The van der Waals surface area contributed by atoms with Crippen LogP contribution in [0.5, 0.6) is 11.5 Å². The molecule has 4 nitrogen and oxygen atoms in total. The third-order valence-corrected chi connectivity index (χ3v) is 2.85. The molecule has 1 aromatic carbocycles.